The van der Waals surface area contributed by atoms with Gasteiger partial charge in [0.15, 0.2) is 5.16 Å². The fourth-order valence-electron chi connectivity index (χ4n) is 1.38. The second-order valence-corrected chi connectivity index (χ2v) is 5.89. The van der Waals surface area contributed by atoms with Crippen molar-refractivity contribution in [3.05, 3.63) is 0 Å². The van der Waals surface area contributed by atoms with E-state index in [0.29, 0.717) is 16.9 Å². The summed E-state index contributed by atoms with van der Waals surface area (Å²) in [6.07, 6.45) is 0. The average molecular weight is 272 g/mol. The van der Waals surface area contributed by atoms with E-state index in [4.69, 9.17) is 11.6 Å². The number of nitrogens with zero attached hydrogens (tertiary/aromatic N) is 3. The van der Waals surface area contributed by atoms with Crippen molar-refractivity contribution in [1.29, 1.82) is 0 Å². The van der Waals surface area contributed by atoms with E-state index in [-0.39, 0.29) is 11.9 Å². The lowest BCUT2D eigenvalue weighted by molar-refractivity contribution is -0.128. The molecule has 1 heterocycles. The third kappa shape index (κ3) is 3.14. The molecule has 1 aromatic rings. The SMILES string of the molecule is CC(C)n1c(N)nnc1SCC(C)(C)C(=O)NN. The minimum absolute atomic E-state index is 0.175. The lowest BCUT2D eigenvalue weighted by atomic mass is 9.96. The molecule has 0 unspecified atom stereocenters. The zero-order valence-electron chi connectivity index (χ0n) is 11.1. The van der Waals surface area contributed by atoms with Gasteiger partial charge in [0.1, 0.15) is 0 Å². The van der Waals surface area contributed by atoms with Gasteiger partial charge < -0.3 is 5.73 Å². The van der Waals surface area contributed by atoms with Gasteiger partial charge in [0.2, 0.25) is 11.9 Å². The number of nitrogen functional groups attached to an aromatic ring is 1. The third-order valence-electron chi connectivity index (χ3n) is 2.52. The molecule has 1 amide bonds. The molecule has 0 bridgehead atoms. The lowest BCUT2D eigenvalue weighted by Crippen LogP contribution is -2.42. The maximum absolute atomic E-state index is 11.6. The summed E-state index contributed by atoms with van der Waals surface area (Å²) in [5.41, 5.74) is 7.33. The molecule has 7 nitrogen and oxygen atoms in total. The van der Waals surface area contributed by atoms with Gasteiger partial charge in [0, 0.05) is 11.8 Å². The number of rotatable bonds is 5. The second kappa shape index (κ2) is 5.57. The Morgan fingerprint density at radius 2 is 2.11 bits per heavy atom. The van der Waals surface area contributed by atoms with E-state index in [1.54, 1.807) is 0 Å². The van der Waals surface area contributed by atoms with Gasteiger partial charge in [-0.1, -0.05) is 25.6 Å². The summed E-state index contributed by atoms with van der Waals surface area (Å²) < 4.78 is 1.83. The number of anilines is 1. The molecule has 5 N–H and O–H groups in total. The van der Waals surface area contributed by atoms with Crippen LogP contribution < -0.4 is 17.0 Å². The lowest BCUT2D eigenvalue weighted by Gasteiger charge is -2.21. The zero-order valence-corrected chi connectivity index (χ0v) is 11.9. The van der Waals surface area contributed by atoms with E-state index >= 15 is 0 Å². The van der Waals surface area contributed by atoms with E-state index in [1.807, 2.05) is 32.3 Å². The highest BCUT2D eigenvalue weighted by Crippen LogP contribution is 2.29. The summed E-state index contributed by atoms with van der Waals surface area (Å²) >= 11 is 1.44. The molecule has 0 aliphatic heterocycles. The van der Waals surface area contributed by atoms with Crippen molar-refractivity contribution in [1.82, 2.24) is 20.2 Å². The molecule has 102 valence electrons. The smallest absolute Gasteiger partial charge is 0.240 e. The standard InChI is InChI=1S/C10H20N6OS/c1-6(2)16-8(11)14-15-9(16)18-5-10(3,4)7(17)13-12/h6H,5,12H2,1-4H3,(H2,11,14)(H,13,17). The number of thioether (sulfide) groups is 1. The maximum Gasteiger partial charge on any atom is 0.240 e. The summed E-state index contributed by atoms with van der Waals surface area (Å²) in [5, 5.41) is 8.57. The number of aromatic nitrogens is 3. The van der Waals surface area contributed by atoms with E-state index in [2.05, 4.69) is 15.6 Å². The van der Waals surface area contributed by atoms with E-state index in [1.165, 1.54) is 11.8 Å². The monoisotopic (exact) mass is 272 g/mol. The number of nitrogens with two attached hydrogens (primary N) is 2. The van der Waals surface area contributed by atoms with Crippen LogP contribution in [0, 0.1) is 5.41 Å². The van der Waals surface area contributed by atoms with Gasteiger partial charge >= 0.3 is 0 Å². The Labute approximate surface area is 111 Å². The van der Waals surface area contributed by atoms with Gasteiger partial charge in [-0.05, 0) is 13.8 Å². The van der Waals surface area contributed by atoms with Crippen LogP contribution in [0.3, 0.4) is 0 Å². The molecule has 0 atom stereocenters. The number of hydrazine groups is 1. The van der Waals surface area contributed by atoms with Crippen LogP contribution in [-0.4, -0.2) is 26.4 Å². The molecule has 0 radical (unpaired) electrons. The predicted molar refractivity (Wildman–Crippen MR) is 71.7 cm³/mol. The average Bonchev–Trinajstić information content (AvgIpc) is 2.66. The Hall–Kier alpha value is -1.28. The zero-order chi connectivity index (χ0) is 13.9. The van der Waals surface area contributed by atoms with Crippen LogP contribution in [0.4, 0.5) is 5.95 Å². The molecule has 0 spiro atoms. The number of nitrogens with one attached hydrogen (secondary N) is 1. The highest BCUT2D eigenvalue weighted by Gasteiger charge is 2.28. The minimum Gasteiger partial charge on any atom is -0.368 e. The Kier molecular flexibility index (Phi) is 4.58. The summed E-state index contributed by atoms with van der Waals surface area (Å²) in [4.78, 5) is 11.6. The van der Waals surface area contributed by atoms with E-state index in [0.717, 1.165) is 0 Å². The van der Waals surface area contributed by atoms with Crippen LogP contribution >= 0.6 is 11.8 Å². The Morgan fingerprint density at radius 1 is 1.50 bits per heavy atom. The second-order valence-electron chi connectivity index (χ2n) is 4.95. The quantitative estimate of drug-likeness (QED) is 0.312. The number of hydrogen-bond acceptors (Lipinski definition) is 6. The van der Waals surface area contributed by atoms with Crippen LogP contribution in [0.5, 0.6) is 0 Å². The van der Waals surface area contributed by atoms with Crippen molar-refractivity contribution < 1.29 is 4.79 Å². The van der Waals surface area contributed by atoms with Gasteiger partial charge in [-0.2, -0.15) is 0 Å². The molecule has 8 heteroatoms. The molecular formula is C10H20N6OS. The fourth-order valence-corrected chi connectivity index (χ4v) is 2.54. The minimum atomic E-state index is -0.581. The molecule has 0 aliphatic carbocycles. The molecule has 1 rings (SSSR count). The van der Waals surface area contributed by atoms with Crippen molar-refractivity contribution in [2.45, 2.75) is 38.9 Å². The largest absolute Gasteiger partial charge is 0.368 e. The topological polar surface area (TPSA) is 112 Å². The highest BCUT2D eigenvalue weighted by atomic mass is 32.2. The normalized spacial score (nSPS) is 11.9. The first-order valence-corrected chi connectivity index (χ1v) is 6.62. The van der Waals surface area contributed by atoms with Crippen molar-refractivity contribution in [2.24, 2.45) is 11.3 Å². The fraction of sp³-hybridized carbons (Fsp3) is 0.700. The summed E-state index contributed by atoms with van der Waals surface area (Å²) in [7, 11) is 0. The van der Waals surface area contributed by atoms with Gasteiger partial charge in [-0.25, -0.2) is 5.84 Å². The molecule has 0 fully saturated rings. The Bertz CT molecular complexity index is 428. The number of hydrogen-bond donors (Lipinski definition) is 3. The molecule has 0 aliphatic rings. The number of carbonyl (C=O) groups excluding carboxylic acids is 1. The summed E-state index contributed by atoms with van der Waals surface area (Å²) in [6, 6.07) is 0.175. The molecule has 0 saturated heterocycles. The van der Waals surface area contributed by atoms with Crippen molar-refractivity contribution in [2.75, 3.05) is 11.5 Å². The van der Waals surface area contributed by atoms with Gasteiger partial charge in [-0.3, -0.25) is 14.8 Å². The first-order chi connectivity index (χ1) is 8.29. The first-order valence-electron chi connectivity index (χ1n) is 5.64. The molecule has 0 aromatic carbocycles. The molecule has 18 heavy (non-hydrogen) atoms. The first kappa shape index (κ1) is 14.8. The molecule has 0 saturated carbocycles. The van der Waals surface area contributed by atoms with Crippen molar-refractivity contribution in [3.8, 4) is 0 Å². The van der Waals surface area contributed by atoms with Crippen molar-refractivity contribution in [3.63, 3.8) is 0 Å². The van der Waals surface area contributed by atoms with Crippen LogP contribution in [0.1, 0.15) is 33.7 Å². The molecule has 1 aromatic heterocycles. The highest BCUT2D eigenvalue weighted by molar-refractivity contribution is 7.99. The number of carbonyl (C=O) groups is 1. The Morgan fingerprint density at radius 3 is 2.61 bits per heavy atom. The van der Waals surface area contributed by atoms with Crippen LogP contribution in [0.15, 0.2) is 5.16 Å². The predicted octanol–water partition coefficient (Wildman–Crippen LogP) is 0.549. The van der Waals surface area contributed by atoms with Gasteiger partial charge in [0.05, 0.1) is 5.41 Å². The summed E-state index contributed by atoms with van der Waals surface area (Å²) in [5.74, 6) is 5.86. The van der Waals surface area contributed by atoms with Crippen LogP contribution in [-0.2, 0) is 4.79 Å². The third-order valence-corrected chi connectivity index (χ3v) is 3.92. The Balaban J connectivity index is 2.78. The van der Waals surface area contributed by atoms with Crippen molar-refractivity contribution >= 4 is 23.6 Å². The van der Waals surface area contributed by atoms with Crippen LogP contribution in [0.2, 0.25) is 0 Å². The summed E-state index contributed by atoms with van der Waals surface area (Å²) in [6.45, 7) is 7.65. The number of amides is 1. The van der Waals surface area contributed by atoms with Gasteiger partial charge in [0.25, 0.3) is 0 Å². The maximum atomic E-state index is 11.6. The molecular weight excluding hydrogens is 252 g/mol. The van der Waals surface area contributed by atoms with E-state index < -0.39 is 5.41 Å². The van der Waals surface area contributed by atoms with Gasteiger partial charge in [-0.15, -0.1) is 10.2 Å². The van der Waals surface area contributed by atoms with E-state index in [9.17, 15) is 4.79 Å². The van der Waals surface area contributed by atoms with Crippen LogP contribution in [0.25, 0.3) is 0 Å².